The summed E-state index contributed by atoms with van der Waals surface area (Å²) < 4.78 is 2.50. The molecule has 1 fully saturated rings. The van der Waals surface area contributed by atoms with Crippen LogP contribution in [0.3, 0.4) is 0 Å². The smallest absolute Gasteiger partial charge is 0.112 e. The van der Waals surface area contributed by atoms with Crippen LogP contribution in [0.15, 0.2) is 18.2 Å². The number of imidazole rings is 1. The van der Waals surface area contributed by atoms with E-state index in [0.717, 1.165) is 23.0 Å². The van der Waals surface area contributed by atoms with Crippen molar-refractivity contribution >= 4 is 16.7 Å². The Balaban J connectivity index is 2.09. The number of aromatic nitrogens is 2. The zero-order valence-electron chi connectivity index (χ0n) is 13.6. The molecule has 3 rings (SSSR count). The van der Waals surface area contributed by atoms with Gasteiger partial charge in [-0.15, -0.1) is 0 Å². The molecule has 0 bridgehead atoms. The van der Waals surface area contributed by atoms with Gasteiger partial charge >= 0.3 is 0 Å². The van der Waals surface area contributed by atoms with Gasteiger partial charge in [0.2, 0.25) is 0 Å². The van der Waals surface area contributed by atoms with Crippen molar-refractivity contribution < 1.29 is 0 Å². The summed E-state index contributed by atoms with van der Waals surface area (Å²) in [6.07, 6.45) is 3.84. The molecule has 1 aliphatic carbocycles. The van der Waals surface area contributed by atoms with E-state index in [2.05, 4.69) is 38.3 Å². The predicted octanol–water partition coefficient (Wildman–Crippen LogP) is 4.74. The van der Waals surface area contributed by atoms with Crippen molar-refractivity contribution in [3.63, 3.8) is 0 Å². The van der Waals surface area contributed by atoms with E-state index in [-0.39, 0.29) is 0 Å². The third-order valence-electron chi connectivity index (χ3n) is 5.19. The van der Waals surface area contributed by atoms with Crippen LogP contribution in [0, 0.1) is 11.8 Å². The maximum Gasteiger partial charge on any atom is 0.112 e. The van der Waals surface area contributed by atoms with Crippen LogP contribution in [0.4, 0.5) is 5.69 Å². The van der Waals surface area contributed by atoms with E-state index in [4.69, 9.17) is 10.7 Å². The quantitative estimate of drug-likeness (QED) is 0.810. The lowest BCUT2D eigenvalue weighted by Crippen LogP contribution is -2.24. The zero-order valence-corrected chi connectivity index (χ0v) is 13.6. The van der Waals surface area contributed by atoms with Gasteiger partial charge in [-0.2, -0.15) is 0 Å². The van der Waals surface area contributed by atoms with E-state index >= 15 is 0 Å². The summed E-state index contributed by atoms with van der Waals surface area (Å²) >= 11 is 0. The Bertz CT molecular complexity index is 641. The molecule has 1 heterocycles. The molecule has 0 aliphatic heterocycles. The van der Waals surface area contributed by atoms with E-state index in [1.54, 1.807) is 0 Å². The van der Waals surface area contributed by atoms with Gasteiger partial charge in [0.25, 0.3) is 0 Å². The van der Waals surface area contributed by atoms with Crippen LogP contribution in [0.5, 0.6) is 0 Å². The molecule has 3 nitrogen and oxygen atoms in total. The van der Waals surface area contributed by atoms with Crippen LogP contribution in [0.25, 0.3) is 11.0 Å². The first-order valence-corrected chi connectivity index (χ1v) is 8.24. The summed E-state index contributed by atoms with van der Waals surface area (Å²) in [5.74, 6) is 3.28. The highest BCUT2D eigenvalue weighted by Crippen LogP contribution is 2.39. The molecular weight excluding hydrogens is 258 g/mol. The van der Waals surface area contributed by atoms with Crippen LogP contribution in [-0.4, -0.2) is 9.55 Å². The molecule has 1 aliphatic rings. The van der Waals surface area contributed by atoms with Crippen LogP contribution in [0.2, 0.25) is 0 Å². The Morgan fingerprint density at radius 1 is 1.19 bits per heavy atom. The van der Waals surface area contributed by atoms with Gasteiger partial charge in [0.05, 0.1) is 11.0 Å². The Morgan fingerprint density at radius 2 is 1.95 bits per heavy atom. The Labute approximate surface area is 127 Å². The first-order chi connectivity index (χ1) is 9.97. The molecule has 2 aromatic rings. The monoisotopic (exact) mass is 285 g/mol. The van der Waals surface area contributed by atoms with Crippen molar-refractivity contribution in [1.82, 2.24) is 9.55 Å². The van der Waals surface area contributed by atoms with E-state index in [1.165, 1.54) is 30.6 Å². The highest BCUT2D eigenvalue weighted by molar-refractivity contribution is 5.80. The lowest BCUT2D eigenvalue weighted by molar-refractivity contribution is 0.210. The Hall–Kier alpha value is -1.51. The molecular formula is C18H27N3. The van der Waals surface area contributed by atoms with E-state index < -0.39 is 0 Å². The zero-order chi connectivity index (χ0) is 15.1. The molecule has 0 radical (unpaired) electrons. The maximum atomic E-state index is 5.93. The summed E-state index contributed by atoms with van der Waals surface area (Å²) in [6.45, 7) is 9.24. The minimum atomic E-state index is 0.438. The fourth-order valence-corrected chi connectivity index (χ4v) is 3.68. The number of benzene rings is 1. The number of hydrogen-bond acceptors (Lipinski definition) is 2. The first kappa shape index (κ1) is 14.4. The van der Waals surface area contributed by atoms with E-state index in [1.807, 2.05) is 12.1 Å². The second kappa shape index (κ2) is 5.36. The van der Waals surface area contributed by atoms with Gasteiger partial charge in [0.1, 0.15) is 5.82 Å². The van der Waals surface area contributed by atoms with Crippen molar-refractivity contribution in [1.29, 1.82) is 0 Å². The van der Waals surface area contributed by atoms with Gasteiger partial charge in [-0.1, -0.05) is 27.7 Å². The molecule has 3 unspecified atom stereocenters. The van der Waals surface area contributed by atoms with Crippen LogP contribution in [-0.2, 0) is 0 Å². The standard InChI is InChI=1S/C18H27N3/c1-11(2)18-20-16-10-14(19)6-8-17(16)21(18)15-7-5-12(3)13(4)9-15/h6,8,10-13,15H,5,7,9,19H2,1-4H3. The highest BCUT2D eigenvalue weighted by atomic mass is 15.1. The molecule has 0 amide bonds. The van der Waals surface area contributed by atoms with Gasteiger partial charge < -0.3 is 10.3 Å². The summed E-state index contributed by atoms with van der Waals surface area (Å²) in [5, 5.41) is 0. The second-order valence-corrected chi connectivity index (χ2v) is 7.16. The van der Waals surface area contributed by atoms with Crippen molar-refractivity contribution in [3.05, 3.63) is 24.0 Å². The summed E-state index contributed by atoms with van der Waals surface area (Å²) in [4.78, 5) is 4.88. The molecule has 114 valence electrons. The van der Waals surface area contributed by atoms with E-state index in [0.29, 0.717) is 12.0 Å². The molecule has 0 spiro atoms. The Morgan fingerprint density at radius 3 is 2.62 bits per heavy atom. The summed E-state index contributed by atoms with van der Waals surface area (Å²) in [6, 6.07) is 6.74. The van der Waals surface area contributed by atoms with Crippen molar-refractivity contribution in [2.75, 3.05) is 5.73 Å². The van der Waals surface area contributed by atoms with Gasteiger partial charge in [0, 0.05) is 17.6 Å². The second-order valence-electron chi connectivity index (χ2n) is 7.16. The van der Waals surface area contributed by atoms with Gasteiger partial charge in [0.15, 0.2) is 0 Å². The molecule has 1 aromatic heterocycles. The van der Waals surface area contributed by atoms with Crippen LogP contribution < -0.4 is 5.73 Å². The Kier molecular flexibility index (Phi) is 3.68. The molecule has 21 heavy (non-hydrogen) atoms. The molecule has 1 saturated carbocycles. The third-order valence-corrected chi connectivity index (χ3v) is 5.19. The molecule has 2 N–H and O–H groups in total. The normalized spacial score (nSPS) is 26.6. The number of nitrogens with zero attached hydrogens (tertiary/aromatic N) is 2. The number of rotatable bonds is 2. The third kappa shape index (κ3) is 2.54. The average molecular weight is 285 g/mol. The fraction of sp³-hybridized carbons (Fsp3) is 0.611. The first-order valence-electron chi connectivity index (χ1n) is 8.24. The largest absolute Gasteiger partial charge is 0.399 e. The van der Waals surface area contributed by atoms with Crippen LogP contribution in [0.1, 0.15) is 64.7 Å². The number of nitrogen functional groups attached to an aromatic ring is 1. The van der Waals surface area contributed by atoms with Crippen molar-refractivity contribution in [2.24, 2.45) is 11.8 Å². The average Bonchev–Trinajstić information content (AvgIpc) is 2.80. The van der Waals surface area contributed by atoms with Gasteiger partial charge in [-0.05, 0) is 49.3 Å². The minimum absolute atomic E-state index is 0.438. The molecule has 1 aromatic carbocycles. The number of fused-ring (bicyclic) bond motifs is 1. The van der Waals surface area contributed by atoms with Gasteiger partial charge in [-0.25, -0.2) is 4.98 Å². The minimum Gasteiger partial charge on any atom is -0.399 e. The highest BCUT2D eigenvalue weighted by Gasteiger charge is 2.28. The van der Waals surface area contributed by atoms with Crippen LogP contribution >= 0.6 is 0 Å². The lowest BCUT2D eigenvalue weighted by Gasteiger charge is -2.34. The molecule has 3 atom stereocenters. The van der Waals surface area contributed by atoms with E-state index in [9.17, 15) is 0 Å². The van der Waals surface area contributed by atoms with Crippen molar-refractivity contribution in [2.45, 2.75) is 58.9 Å². The lowest BCUT2D eigenvalue weighted by atomic mass is 9.79. The maximum absolute atomic E-state index is 5.93. The number of anilines is 1. The fourth-order valence-electron chi connectivity index (χ4n) is 3.68. The summed E-state index contributed by atoms with van der Waals surface area (Å²) in [5.41, 5.74) is 9.02. The topological polar surface area (TPSA) is 43.8 Å². The predicted molar refractivity (Wildman–Crippen MR) is 89.5 cm³/mol. The van der Waals surface area contributed by atoms with Crippen molar-refractivity contribution in [3.8, 4) is 0 Å². The number of nitrogens with two attached hydrogens (primary N) is 1. The summed E-state index contributed by atoms with van der Waals surface area (Å²) in [7, 11) is 0. The SMILES string of the molecule is CC(C)c1nc2cc(N)ccc2n1C1CCC(C)C(C)C1. The molecule has 0 saturated heterocycles. The number of hydrogen-bond donors (Lipinski definition) is 1. The molecule has 3 heteroatoms. The van der Waals surface area contributed by atoms with Gasteiger partial charge in [-0.3, -0.25) is 0 Å².